The Labute approximate surface area is 129 Å². The van der Waals surface area contributed by atoms with Crippen LogP contribution in [0.15, 0.2) is 12.2 Å². The summed E-state index contributed by atoms with van der Waals surface area (Å²) in [6, 6.07) is 0. The number of ether oxygens (including phenoxy) is 1. The Hall–Kier alpha value is -0.870. The molecule has 21 heavy (non-hydrogen) atoms. The van der Waals surface area contributed by atoms with Crippen molar-refractivity contribution in [1.29, 1.82) is 0 Å². The molecule has 0 heterocycles. The second-order valence-corrected chi connectivity index (χ2v) is 5.58. The van der Waals surface area contributed by atoms with Crippen LogP contribution in [0, 0.1) is 0 Å². The lowest BCUT2D eigenvalue weighted by atomic mass is 10.0. The zero-order valence-electron chi connectivity index (χ0n) is 13.8. The largest absolute Gasteiger partial charge is 0.458 e. The third kappa shape index (κ3) is 11.5. The van der Waals surface area contributed by atoms with Crippen molar-refractivity contribution in [3.05, 3.63) is 12.2 Å². The third-order valence-electron chi connectivity index (χ3n) is 3.43. The smallest absolute Gasteiger partial charge is 0.303 e. The number of aliphatic hydroxyl groups is 2. The van der Waals surface area contributed by atoms with Crippen LogP contribution in [0.1, 0.15) is 72.1 Å². The molecule has 0 bridgehead atoms. The standard InChI is InChI=1S/C17H32O4/c1-4-6-8-10-15(21-14(3)18)12-13-17(20)16(19)11-9-7-5-2/h12-13,15-17,19-20H,4-11H2,1-3H3/b13-12+/t15-,16-,17-/m0/s1. The summed E-state index contributed by atoms with van der Waals surface area (Å²) in [4.78, 5) is 11.1. The highest BCUT2D eigenvalue weighted by atomic mass is 16.5. The van der Waals surface area contributed by atoms with E-state index in [0.717, 1.165) is 44.9 Å². The van der Waals surface area contributed by atoms with Gasteiger partial charge in [0.2, 0.25) is 0 Å². The second kappa shape index (κ2) is 12.8. The van der Waals surface area contributed by atoms with E-state index in [1.807, 2.05) is 0 Å². The number of unbranched alkanes of at least 4 members (excludes halogenated alkanes) is 4. The van der Waals surface area contributed by atoms with Crippen molar-refractivity contribution in [2.75, 3.05) is 0 Å². The summed E-state index contributed by atoms with van der Waals surface area (Å²) in [7, 11) is 0. The Morgan fingerprint density at radius 2 is 1.57 bits per heavy atom. The van der Waals surface area contributed by atoms with Crippen molar-refractivity contribution in [1.82, 2.24) is 0 Å². The minimum atomic E-state index is -0.897. The summed E-state index contributed by atoms with van der Waals surface area (Å²) in [5.74, 6) is -0.320. The zero-order valence-corrected chi connectivity index (χ0v) is 13.8. The predicted molar refractivity (Wildman–Crippen MR) is 85.0 cm³/mol. The lowest BCUT2D eigenvalue weighted by molar-refractivity contribution is -0.144. The first-order valence-corrected chi connectivity index (χ1v) is 8.22. The van der Waals surface area contributed by atoms with Gasteiger partial charge in [0.1, 0.15) is 6.10 Å². The molecule has 0 unspecified atom stereocenters. The molecule has 0 aromatic rings. The molecule has 0 aliphatic heterocycles. The van der Waals surface area contributed by atoms with Crippen molar-refractivity contribution in [3.63, 3.8) is 0 Å². The number of hydrogen-bond acceptors (Lipinski definition) is 4. The van der Waals surface area contributed by atoms with Crippen LogP contribution in [-0.4, -0.2) is 34.5 Å². The van der Waals surface area contributed by atoms with Gasteiger partial charge in [0.15, 0.2) is 0 Å². The summed E-state index contributed by atoms with van der Waals surface area (Å²) < 4.78 is 5.21. The van der Waals surface area contributed by atoms with Crippen LogP contribution < -0.4 is 0 Å². The van der Waals surface area contributed by atoms with Gasteiger partial charge in [-0.25, -0.2) is 0 Å². The lowest BCUT2D eigenvalue weighted by Gasteiger charge is -2.16. The number of esters is 1. The Kier molecular flexibility index (Phi) is 12.3. The molecule has 0 saturated carbocycles. The molecule has 0 radical (unpaired) electrons. The van der Waals surface area contributed by atoms with E-state index >= 15 is 0 Å². The van der Waals surface area contributed by atoms with Gasteiger partial charge in [-0.15, -0.1) is 0 Å². The molecular formula is C17H32O4. The molecule has 0 aliphatic rings. The monoisotopic (exact) mass is 300 g/mol. The van der Waals surface area contributed by atoms with Gasteiger partial charge >= 0.3 is 5.97 Å². The maximum atomic E-state index is 11.1. The highest BCUT2D eigenvalue weighted by Crippen LogP contribution is 2.12. The van der Waals surface area contributed by atoms with Crippen LogP contribution in [0.3, 0.4) is 0 Å². The first-order chi connectivity index (χ1) is 10.0. The van der Waals surface area contributed by atoms with Gasteiger partial charge in [-0.1, -0.05) is 52.0 Å². The molecule has 4 nitrogen and oxygen atoms in total. The highest BCUT2D eigenvalue weighted by molar-refractivity contribution is 5.66. The van der Waals surface area contributed by atoms with E-state index in [4.69, 9.17) is 4.74 Å². The van der Waals surface area contributed by atoms with Crippen molar-refractivity contribution < 1.29 is 19.7 Å². The van der Waals surface area contributed by atoms with E-state index in [1.165, 1.54) is 6.92 Å². The molecule has 0 aliphatic carbocycles. The van der Waals surface area contributed by atoms with Crippen LogP contribution in [-0.2, 0) is 9.53 Å². The van der Waals surface area contributed by atoms with Gasteiger partial charge < -0.3 is 14.9 Å². The first-order valence-electron chi connectivity index (χ1n) is 8.22. The van der Waals surface area contributed by atoms with Crippen LogP contribution >= 0.6 is 0 Å². The summed E-state index contributed by atoms with van der Waals surface area (Å²) in [6.07, 6.45) is 8.87. The SMILES string of the molecule is CCCCC[C@@H](/C=C/[C@H](O)[C@@H](O)CCCCC)OC(C)=O. The Morgan fingerprint density at radius 1 is 1.00 bits per heavy atom. The van der Waals surface area contributed by atoms with Crippen LogP contribution in [0.4, 0.5) is 0 Å². The molecule has 0 amide bonds. The molecule has 124 valence electrons. The summed E-state index contributed by atoms with van der Waals surface area (Å²) in [5.41, 5.74) is 0. The van der Waals surface area contributed by atoms with Crippen LogP contribution in [0.2, 0.25) is 0 Å². The number of hydrogen-bond donors (Lipinski definition) is 2. The molecule has 3 atom stereocenters. The maximum absolute atomic E-state index is 11.1. The molecule has 0 saturated heterocycles. The lowest BCUT2D eigenvalue weighted by Crippen LogP contribution is -2.24. The number of rotatable bonds is 12. The second-order valence-electron chi connectivity index (χ2n) is 5.58. The fraction of sp³-hybridized carbons (Fsp3) is 0.824. The molecule has 0 aromatic heterocycles. The predicted octanol–water partition coefficient (Wildman–Crippen LogP) is 3.36. The maximum Gasteiger partial charge on any atom is 0.303 e. The molecule has 0 fully saturated rings. The average molecular weight is 300 g/mol. The fourth-order valence-corrected chi connectivity index (χ4v) is 2.14. The minimum Gasteiger partial charge on any atom is -0.458 e. The molecule has 0 aromatic carbocycles. The van der Waals surface area contributed by atoms with Gasteiger partial charge in [-0.2, -0.15) is 0 Å². The molecule has 2 N–H and O–H groups in total. The van der Waals surface area contributed by atoms with Crippen LogP contribution in [0.25, 0.3) is 0 Å². The Bertz CT molecular complexity index is 289. The average Bonchev–Trinajstić information content (AvgIpc) is 2.44. The highest BCUT2D eigenvalue weighted by Gasteiger charge is 2.14. The Morgan fingerprint density at radius 3 is 2.10 bits per heavy atom. The fourth-order valence-electron chi connectivity index (χ4n) is 2.14. The summed E-state index contributed by atoms with van der Waals surface area (Å²) in [6.45, 7) is 5.60. The van der Waals surface area contributed by atoms with E-state index in [1.54, 1.807) is 12.2 Å². The van der Waals surface area contributed by atoms with Gasteiger partial charge in [0, 0.05) is 6.92 Å². The topological polar surface area (TPSA) is 66.8 Å². The van der Waals surface area contributed by atoms with Gasteiger partial charge in [0.25, 0.3) is 0 Å². The van der Waals surface area contributed by atoms with Crippen molar-refractivity contribution in [2.45, 2.75) is 90.4 Å². The molecule has 0 rings (SSSR count). The van der Waals surface area contributed by atoms with E-state index in [2.05, 4.69) is 13.8 Å². The van der Waals surface area contributed by atoms with Crippen molar-refractivity contribution in [2.24, 2.45) is 0 Å². The number of carbonyl (C=O) groups is 1. The van der Waals surface area contributed by atoms with Crippen molar-refractivity contribution >= 4 is 5.97 Å². The van der Waals surface area contributed by atoms with E-state index in [-0.39, 0.29) is 12.1 Å². The Balaban J connectivity index is 4.27. The molecule has 0 spiro atoms. The van der Waals surface area contributed by atoms with Gasteiger partial charge in [-0.3, -0.25) is 4.79 Å². The summed E-state index contributed by atoms with van der Waals surface area (Å²) >= 11 is 0. The molecular weight excluding hydrogens is 268 g/mol. The normalized spacial score (nSPS) is 15.9. The quantitative estimate of drug-likeness (QED) is 0.329. The van der Waals surface area contributed by atoms with E-state index in [0.29, 0.717) is 6.42 Å². The van der Waals surface area contributed by atoms with Crippen molar-refractivity contribution in [3.8, 4) is 0 Å². The summed E-state index contributed by atoms with van der Waals surface area (Å²) in [5, 5.41) is 19.7. The third-order valence-corrected chi connectivity index (χ3v) is 3.43. The van der Waals surface area contributed by atoms with E-state index in [9.17, 15) is 15.0 Å². The zero-order chi connectivity index (χ0) is 16.1. The van der Waals surface area contributed by atoms with E-state index < -0.39 is 12.2 Å². The number of carbonyl (C=O) groups excluding carboxylic acids is 1. The van der Waals surface area contributed by atoms with Gasteiger partial charge in [0.05, 0.1) is 12.2 Å². The first kappa shape index (κ1) is 20.1. The molecule has 4 heteroatoms. The minimum absolute atomic E-state index is 0.313. The van der Waals surface area contributed by atoms with Crippen LogP contribution in [0.5, 0.6) is 0 Å². The van der Waals surface area contributed by atoms with Gasteiger partial charge in [-0.05, 0) is 25.3 Å². The number of aliphatic hydroxyl groups excluding tert-OH is 2.